The van der Waals surface area contributed by atoms with E-state index in [2.05, 4.69) is 32.6 Å². The van der Waals surface area contributed by atoms with E-state index in [0.717, 1.165) is 6.04 Å². The second-order valence-electron chi connectivity index (χ2n) is 5.54. The van der Waals surface area contributed by atoms with E-state index in [0.29, 0.717) is 5.54 Å². The highest BCUT2D eigenvalue weighted by atomic mass is 15.2. The lowest BCUT2D eigenvalue weighted by Crippen LogP contribution is -2.42. The number of nitrogens with zero attached hydrogens (tertiary/aromatic N) is 1. The topological polar surface area (TPSA) is 3.24 Å². The molecule has 1 atom stereocenters. The Hall–Kier alpha value is -0.0400. The van der Waals surface area contributed by atoms with Crippen molar-refractivity contribution in [2.75, 3.05) is 6.54 Å². The highest BCUT2D eigenvalue weighted by molar-refractivity contribution is 5.01. The number of hydrogen-bond acceptors (Lipinski definition) is 1. The molecule has 0 amide bonds. The average Bonchev–Trinajstić information content (AvgIpc) is 2.94. The van der Waals surface area contributed by atoms with Gasteiger partial charge in [-0.25, -0.2) is 0 Å². The second kappa shape index (κ2) is 5.89. The molecule has 0 spiro atoms. The summed E-state index contributed by atoms with van der Waals surface area (Å²) in [6, 6.07) is 0.795. The molecular formula is C14H29N. The Morgan fingerprint density at radius 2 is 1.73 bits per heavy atom. The van der Waals surface area contributed by atoms with Crippen molar-refractivity contribution in [3.05, 3.63) is 0 Å². The quantitative estimate of drug-likeness (QED) is 0.581. The van der Waals surface area contributed by atoms with Crippen LogP contribution in [-0.4, -0.2) is 23.0 Å². The first-order chi connectivity index (χ1) is 7.14. The minimum atomic E-state index is 0.572. The average molecular weight is 211 g/mol. The minimum Gasteiger partial charge on any atom is -0.295 e. The van der Waals surface area contributed by atoms with Crippen molar-refractivity contribution in [2.24, 2.45) is 0 Å². The van der Waals surface area contributed by atoms with Gasteiger partial charge in [0.15, 0.2) is 0 Å². The Morgan fingerprint density at radius 1 is 1.13 bits per heavy atom. The van der Waals surface area contributed by atoms with Gasteiger partial charge in [0.1, 0.15) is 0 Å². The standard InChI is InChI=1S/C14H29N/c1-5-7-9-13(3)15(12-8-6-2)14(4)10-11-14/h13H,5-12H2,1-4H3. The van der Waals surface area contributed by atoms with Crippen LogP contribution in [0, 0.1) is 0 Å². The van der Waals surface area contributed by atoms with E-state index in [4.69, 9.17) is 0 Å². The molecule has 0 bridgehead atoms. The third-order valence-electron chi connectivity index (χ3n) is 3.93. The van der Waals surface area contributed by atoms with Crippen LogP contribution < -0.4 is 0 Å². The van der Waals surface area contributed by atoms with Crippen molar-refractivity contribution >= 4 is 0 Å². The van der Waals surface area contributed by atoms with Crippen LogP contribution in [0.1, 0.15) is 72.6 Å². The molecule has 0 saturated heterocycles. The molecule has 0 N–H and O–H groups in total. The van der Waals surface area contributed by atoms with Crippen LogP contribution in [0.2, 0.25) is 0 Å². The van der Waals surface area contributed by atoms with Gasteiger partial charge in [-0.15, -0.1) is 0 Å². The van der Waals surface area contributed by atoms with Crippen molar-refractivity contribution in [1.29, 1.82) is 0 Å². The van der Waals surface area contributed by atoms with Crippen molar-refractivity contribution in [3.63, 3.8) is 0 Å². The zero-order valence-electron chi connectivity index (χ0n) is 11.2. The smallest absolute Gasteiger partial charge is 0.0185 e. The Morgan fingerprint density at radius 3 is 2.20 bits per heavy atom. The van der Waals surface area contributed by atoms with Gasteiger partial charge in [0.2, 0.25) is 0 Å². The summed E-state index contributed by atoms with van der Waals surface area (Å²) in [5.41, 5.74) is 0.572. The zero-order valence-corrected chi connectivity index (χ0v) is 11.2. The Labute approximate surface area is 96.2 Å². The maximum Gasteiger partial charge on any atom is 0.0185 e. The monoisotopic (exact) mass is 211 g/mol. The summed E-state index contributed by atoms with van der Waals surface area (Å²) in [6.07, 6.45) is 9.65. The van der Waals surface area contributed by atoms with Crippen LogP contribution in [0.5, 0.6) is 0 Å². The predicted octanol–water partition coefficient (Wildman–Crippen LogP) is 4.22. The molecule has 90 valence electrons. The van der Waals surface area contributed by atoms with Gasteiger partial charge < -0.3 is 0 Å². The van der Waals surface area contributed by atoms with Gasteiger partial charge in [-0.1, -0.05) is 33.1 Å². The van der Waals surface area contributed by atoms with E-state index in [1.54, 1.807) is 0 Å². The van der Waals surface area contributed by atoms with Crippen molar-refractivity contribution in [1.82, 2.24) is 4.90 Å². The lowest BCUT2D eigenvalue weighted by atomic mass is 10.1. The molecule has 1 aliphatic carbocycles. The van der Waals surface area contributed by atoms with Gasteiger partial charge >= 0.3 is 0 Å². The third-order valence-corrected chi connectivity index (χ3v) is 3.93. The molecule has 0 aromatic heterocycles. The molecule has 1 aliphatic rings. The first-order valence-electron chi connectivity index (χ1n) is 6.90. The van der Waals surface area contributed by atoms with Gasteiger partial charge in [-0.2, -0.15) is 0 Å². The fraction of sp³-hybridized carbons (Fsp3) is 1.00. The van der Waals surface area contributed by atoms with E-state index < -0.39 is 0 Å². The zero-order chi connectivity index (χ0) is 11.3. The number of unbranched alkanes of at least 4 members (excludes halogenated alkanes) is 2. The minimum absolute atomic E-state index is 0.572. The van der Waals surface area contributed by atoms with Gasteiger partial charge in [-0.3, -0.25) is 4.90 Å². The molecule has 0 aliphatic heterocycles. The van der Waals surface area contributed by atoms with Crippen molar-refractivity contribution in [3.8, 4) is 0 Å². The predicted molar refractivity (Wildman–Crippen MR) is 68.2 cm³/mol. The van der Waals surface area contributed by atoms with Gasteiger partial charge in [0, 0.05) is 11.6 Å². The highest BCUT2D eigenvalue weighted by Crippen LogP contribution is 2.42. The SMILES string of the molecule is CCCCC(C)N(CCCC)C1(C)CC1. The fourth-order valence-electron chi connectivity index (χ4n) is 2.47. The van der Waals surface area contributed by atoms with Gasteiger partial charge in [0.05, 0.1) is 0 Å². The molecule has 1 heteroatoms. The normalized spacial score (nSPS) is 20.6. The Bertz CT molecular complexity index is 172. The molecule has 1 nitrogen and oxygen atoms in total. The number of hydrogen-bond donors (Lipinski definition) is 0. The van der Waals surface area contributed by atoms with Crippen LogP contribution in [0.3, 0.4) is 0 Å². The van der Waals surface area contributed by atoms with Crippen molar-refractivity contribution in [2.45, 2.75) is 84.2 Å². The summed E-state index contributed by atoms with van der Waals surface area (Å²) in [7, 11) is 0. The van der Waals surface area contributed by atoms with Gasteiger partial charge in [-0.05, 0) is 46.1 Å². The molecule has 0 heterocycles. The summed E-state index contributed by atoms with van der Waals surface area (Å²) in [5.74, 6) is 0. The Kier molecular flexibility index (Phi) is 5.11. The van der Waals surface area contributed by atoms with E-state index in [-0.39, 0.29) is 0 Å². The van der Waals surface area contributed by atoms with Crippen LogP contribution in [-0.2, 0) is 0 Å². The molecular weight excluding hydrogens is 182 g/mol. The first-order valence-corrected chi connectivity index (χ1v) is 6.90. The molecule has 0 aromatic carbocycles. The summed E-state index contributed by atoms with van der Waals surface area (Å²) in [4.78, 5) is 2.78. The first kappa shape index (κ1) is 13.0. The van der Waals surface area contributed by atoms with Crippen molar-refractivity contribution < 1.29 is 0 Å². The highest BCUT2D eigenvalue weighted by Gasteiger charge is 2.44. The van der Waals surface area contributed by atoms with Crippen LogP contribution in [0.15, 0.2) is 0 Å². The molecule has 1 rings (SSSR count). The maximum absolute atomic E-state index is 2.78. The van der Waals surface area contributed by atoms with E-state index in [1.165, 1.54) is 51.5 Å². The van der Waals surface area contributed by atoms with Crippen LogP contribution in [0.4, 0.5) is 0 Å². The molecule has 1 fully saturated rings. The molecule has 1 unspecified atom stereocenters. The van der Waals surface area contributed by atoms with E-state index in [9.17, 15) is 0 Å². The molecule has 1 saturated carbocycles. The fourth-order valence-corrected chi connectivity index (χ4v) is 2.47. The van der Waals surface area contributed by atoms with E-state index in [1.807, 2.05) is 0 Å². The lowest BCUT2D eigenvalue weighted by Gasteiger charge is -2.35. The summed E-state index contributed by atoms with van der Waals surface area (Å²) < 4.78 is 0. The van der Waals surface area contributed by atoms with Crippen LogP contribution >= 0.6 is 0 Å². The third kappa shape index (κ3) is 3.79. The van der Waals surface area contributed by atoms with E-state index >= 15 is 0 Å². The van der Waals surface area contributed by atoms with Gasteiger partial charge in [0.25, 0.3) is 0 Å². The lowest BCUT2D eigenvalue weighted by molar-refractivity contribution is 0.126. The Balaban J connectivity index is 2.40. The largest absolute Gasteiger partial charge is 0.295 e. The maximum atomic E-state index is 2.78. The number of rotatable bonds is 8. The second-order valence-corrected chi connectivity index (χ2v) is 5.54. The van der Waals surface area contributed by atoms with Crippen LogP contribution in [0.25, 0.3) is 0 Å². The molecule has 15 heavy (non-hydrogen) atoms. The summed E-state index contributed by atoms with van der Waals surface area (Å²) in [5, 5.41) is 0. The molecule has 0 aromatic rings. The molecule has 0 radical (unpaired) electrons. The summed E-state index contributed by atoms with van der Waals surface area (Å²) >= 11 is 0. The summed E-state index contributed by atoms with van der Waals surface area (Å²) in [6.45, 7) is 10.8.